The largest absolute Gasteiger partial charge is 0.477 e. The Labute approximate surface area is 113 Å². The van der Waals surface area contributed by atoms with Crippen LogP contribution in [0.4, 0.5) is 0 Å². The van der Waals surface area contributed by atoms with E-state index in [4.69, 9.17) is 5.11 Å². The Hall–Kier alpha value is -1.34. The summed E-state index contributed by atoms with van der Waals surface area (Å²) in [6.45, 7) is 4.10. The molecule has 0 bridgehead atoms. The summed E-state index contributed by atoms with van der Waals surface area (Å²) in [6, 6.07) is 1.97. The standard InChI is InChI=1S/C11H13N3O2S2/c1-7(2)14-10(12-6-13-14)5-17-8-3-9(11(15)16)18-4-8/h3-4,6-7H,5H2,1-2H3,(H,15,16). The molecule has 2 aromatic heterocycles. The van der Waals surface area contributed by atoms with Gasteiger partial charge in [0.25, 0.3) is 0 Å². The zero-order chi connectivity index (χ0) is 13.1. The number of carboxylic acids is 1. The fourth-order valence-corrected chi connectivity index (χ4v) is 3.27. The quantitative estimate of drug-likeness (QED) is 0.854. The molecule has 0 saturated heterocycles. The monoisotopic (exact) mass is 283 g/mol. The number of hydrogen-bond donors (Lipinski definition) is 1. The van der Waals surface area contributed by atoms with Crippen LogP contribution in [0.3, 0.4) is 0 Å². The molecule has 0 aliphatic carbocycles. The molecule has 0 saturated carbocycles. The molecule has 2 heterocycles. The van der Waals surface area contributed by atoms with E-state index in [0.29, 0.717) is 10.6 Å². The topological polar surface area (TPSA) is 68.0 Å². The van der Waals surface area contributed by atoms with Gasteiger partial charge in [0.15, 0.2) is 0 Å². The maximum absolute atomic E-state index is 10.8. The molecule has 96 valence electrons. The lowest BCUT2D eigenvalue weighted by Crippen LogP contribution is -2.07. The summed E-state index contributed by atoms with van der Waals surface area (Å²) in [5.74, 6) is 0.712. The zero-order valence-electron chi connectivity index (χ0n) is 10.0. The molecule has 0 fully saturated rings. The molecule has 0 radical (unpaired) electrons. The van der Waals surface area contributed by atoms with Crippen molar-refractivity contribution in [2.45, 2.75) is 30.5 Å². The van der Waals surface area contributed by atoms with Crippen LogP contribution in [0.25, 0.3) is 0 Å². The molecule has 0 unspecified atom stereocenters. The molecule has 5 nitrogen and oxygen atoms in total. The number of thioether (sulfide) groups is 1. The summed E-state index contributed by atoms with van der Waals surface area (Å²) in [7, 11) is 0. The highest BCUT2D eigenvalue weighted by Gasteiger charge is 2.10. The van der Waals surface area contributed by atoms with Gasteiger partial charge >= 0.3 is 5.97 Å². The summed E-state index contributed by atoms with van der Waals surface area (Å²) in [4.78, 5) is 16.3. The fraction of sp³-hybridized carbons (Fsp3) is 0.364. The van der Waals surface area contributed by atoms with Gasteiger partial charge in [0, 0.05) is 16.3 Å². The maximum atomic E-state index is 10.8. The predicted molar refractivity (Wildman–Crippen MR) is 71.2 cm³/mol. The summed E-state index contributed by atoms with van der Waals surface area (Å²) < 4.78 is 1.87. The molecule has 0 spiro atoms. The molecule has 2 aromatic rings. The maximum Gasteiger partial charge on any atom is 0.345 e. The predicted octanol–water partition coefficient (Wildman–Crippen LogP) is 2.91. The molecule has 0 aromatic carbocycles. The second kappa shape index (κ2) is 5.53. The van der Waals surface area contributed by atoms with Crippen LogP contribution in [-0.4, -0.2) is 25.8 Å². The molecule has 1 N–H and O–H groups in total. The van der Waals surface area contributed by atoms with Crippen molar-refractivity contribution in [3.05, 3.63) is 28.5 Å². The molecular formula is C11H13N3O2S2. The highest BCUT2D eigenvalue weighted by Crippen LogP contribution is 2.27. The van der Waals surface area contributed by atoms with Gasteiger partial charge in [0.1, 0.15) is 17.0 Å². The Morgan fingerprint density at radius 3 is 3.00 bits per heavy atom. The molecule has 2 rings (SSSR count). The summed E-state index contributed by atoms with van der Waals surface area (Å²) >= 11 is 2.81. The molecule has 0 amide bonds. The summed E-state index contributed by atoms with van der Waals surface area (Å²) in [5, 5.41) is 14.9. The number of thiophene rings is 1. The van der Waals surface area contributed by atoms with Crippen LogP contribution in [0.5, 0.6) is 0 Å². The molecular weight excluding hydrogens is 270 g/mol. The lowest BCUT2D eigenvalue weighted by Gasteiger charge is -2.08. The zero-order valence-corrected chi connectivity index (χ0v) is 11.7. The van der Waals surface area contributed by atoms with Gasteiger partial charge in [-0.05, 0) is 19.9 Å². The third-order valence-corrected chi connectivity index (χ3v) is 4.33. The lowest BCUT2D eigenvalue weighted by molar-refractivity contribution is 0.0702. The first-order chi connectivity index (χ1) is 8.58. The Bertz CT molecular complexity index is 548. The van der Waals surface area contributed by atoms with Crippen molar-refractivity contribution < 1.29 is 9.90 Å². The van der Waals surface area contributed by atoms with E-state index in [1.165, 1.54) is 11.3 Å². The minimum absolute atomic E-state index is 0.278. The fourth-order valence-electron chi connectivity index (χ4n) is 1.46. The molecule has 0 aliphatic rings. The molecule has 7 heteroatoms. The van der Waals surface area contributed by atoms with E-state index < -0.39 is 5.97 Å². The van der Waals surface area contributed by atoms with Gasteiger partial charge < -0.3 is 5.11 Å². The van der Waals surface area contributed by atoms with Gasteiger partial charge in [-0.1, -0.05) is 0 Å². The second-order valence-corrected chi connectivity index (χ2v) is 5.92. The average Bonchev–Trinajstić information content (AvgIpc) is 2.95. The van der Waals surface area contributed by atoms with Crippen molar-refractivity contribution in [1.29, 1.82) is 0 Å². The number of carbonyl (C=O) groups is 1. The highest BCUT2D eigenvalue weighted by atomic mass is 32.2. The van der Waals surface area contributed by atoms with Crippen molar-refractivity contribution in [2.24, 2.45) is 0 Å². The second-order valence-electron chi connectivity index (χ2n) is 3.96. The van der Waals surface area contributed by atoms with E-state index in [1.54, 1.807) is 24.2 Å². The van der Waals surface area contributed by atoms with Gasteiger partial charge in [-0.3, -0.25) is 0 Å². The van der Waals surface area contributed by atoms with E-state index >= 15 is 0 Å². The van der Waals surface area contributed by atoms with Gasteiger partial charge in [-0.25, -0.2) is 14.5 Å². The molecule has 18 heavy (non-hydrogen) atoms. The van der Waals surface area contributed by atoms with Crippen LogP contribution in [0, 0.1) is 0 Å². The average molecular weight is 283 g/mol. The van der Waals surface area contributed by atoms with Crippen LogP contribution in [0.2, 0.25) is 0 Å². The molecule has 0 atom stereocenters. The van der Waals surface area contributed by atoms with E-state index in [-0.39, 0.29) is 6.04 Å². The van der Waals surface area contributed by atoms with Gasteiger partial charge in [-0.2, -0.15) is 5.10 Å². The van der Waals surface area contributed by atoms with Crippen molar-refractivity contribution in [3.63, 3.8) is 0 Å². The van der Waals surface area contributed by atoms with Crippen molar-refractivity contribution in [1.82, 2.24) is 14.8 Å². The third-order valence-electron chi connectivity index (χ3n) is 2.29. The van der Waals surface area contributed by atoms with E-state index in [9.17, 15) is 4.79 Å². The minimum atomic E-state index is -0.878. The number of carboxylic acid groups (broad SMARTS) is 1. The van der Waals surface area contributed by atoms with Gasteiger partial charge in [0.2, 0.25) is 0 Å². The van der Waals surface area contributed by atoms with Crippen LogP contribution in [0.1, 0.15) is 35.4 Å². The first-order valence-electron chi connectivity index (χ1n) is 5.41. The first kappa shape index (κ1) is 13.1. The highest BCUT2D eigenvalue weighted by molar-refractivity contribution is 7.98. The smallest absolute Gasteiger partial charge is 0.345 e. The SMILES string of the molecule is CC(C)n1ncnc1CSc1csc(C(=O)O)c1. The number of hydrogen-bond acceptors (Lipinski definition) is 5. The molecule has 0 aliphatic heterocycles. The van der Waals surface area contributed by atoms with Crippen molar-refractivity contribution in [3.8, 4) is 0 Å². The Balaban J connectivity index is 2.02. The normalized spacial score (nSPS) is 11.1. The number of nitrogens with zero attached hydrogens (tertiary/aromatic N) is 3. The van der Waals surface area contributed by atoms with Crippen LogP contribution in [-0.2, 0) is 5.75 Å². The van der Waals surface area contributed by atoms with Crippen LogP contribution < -0.4 is 0 Å². The number of aromatic nitrogens is 3. The Kier molecular flexibility index (Phi) is 4.03. The van der Waals surface area contributed by atoms with Crippen molar-refractivity contribution >= 4 is 29.1 Å². The van der Waals surface area contributed by atoms with Gasteiger partial charge in [0.05, 0.1) is 5.75 Å². The Morgan fingerprint density at radius 2 is 2.39 bits per heavy atom. The van der Waals surface area contributed by atoms with Gasteiger partial charge in [-0.15, -0.1) is 23.1 Å². The van der Waals surface area contributed by atoms with Crippen LogP contribution >= 0.6 is 23.1 Å². The van der Waals surface area contributed by atoms with E-state index in [1.807, 2.05) is 10.1 Å². The first-order valence-corrected chi connectivity index (χ1v) is 7.27. The third kappa shape index (κ3) is 2.91. The summed E-state index contributed by atoms with van der Waals surface area (Å²) in [6.07, 6.45) is 1.55. The number of rotatable bonds is 5. The van der Waals surface area contributed by atoms with Crippen molar-refractivity contribution in [2.75, 3.05) is 0 Å². The van der Waals surface area contributed by atoms with E-state index in [0.717, 1.165) is 10.7 Å². The minimum Gasteiger partial charge on any atom is -0.477 e. The summed E-state index contributed by atoms with van der Waals surface area (Å²) in [5.41, 5.74) is 0. The van der Waals surface area contributed by atoms with E-state index in [2.05, 4.69) is 23.9 Å². The Morgan fingerprint density at radius 1 is 1.61 bits per heavy atom. The number of aromatic carboxylic acids is 1. The lowest BCUT2D eigenvalue weighted by atomic mass is 10.4. The van der Waals surface area contributed by atoms with Crippen LogP contribution in [0.15, 0.2) is 22.7 Å².